The van der Waals surface area contributed by atoms with E-state index in [0.29, 0.717) is 18.5 Å². The zero-order valence-electron chi connectivity index (χ0n) is 13.0. The number of pyridine rings is 1. The zero-order valence-corrected chi connectivity index (χ0v) is 13.8. The first kappa shape index (κ1) is 17.7. The Morgan fingerprint density at radius 2 is 2.08 bits per heavy atom. The standard InChI is InChI=1S/C17H14F4N2OS/c18-14-8-12(3-4-13(14)17(19,20)21)16-23(15(24)10-25-16)7-5-11-2-1-6-22-9-11/h1-4,6,8-9,16H,5,7,10H2. The van der Waals surface area contributed by atoms with Gasteiger partial charge in [0.2, 0.25) is 5.91 Å². The molecular formula is C17H14F4N2OS. The molecule has 0 bridgehead atoms. The SMILES string of the molecule is O=C1CSC(c2ccc(C(F)(F)F)c(F)c2)N1CCc1cccnc1. The molecule has 0 aliphatic carbocycles. The molecule has 1 amide bonds. The van der Waals surface area contributed by atoms with Gasteiger partial charge in [0.1, 0.15) is 11.2 Å². The van der Waals surface area contributed by atoms with Gasteiger partial charge >= 0.3 is 6.18 Å². The van der Waals surface area contributed by atoms with E-state index >= 15 is 0 Å². The van der Waals surface area contributed by atoms with Crippen molar-refractivity contribution in [3.8, 4) is 0 Å². The van der Waals surface area contributed by atoms with Gasteiger partial charge in [-0.1, -0.05) is 12.1 Å². The summed E-state index contributed by atoms with van der Waals surface area (Å²) in [6.07, 6.45) is -0.824. The third-order valence-corrected chi connectivity index (χ3v) is 5.17. The number of carbonyl (C=O) groups excluding carboxylic acids is 1. The largest absolute Gasteiger partial charge is 0.419 e. The Labute approximate surface area is 146 Å². The molecule has 1 aliphatic rings. The molecule has 3 rings (SSSR count). The molecule has 3 nitrogen and oxygen atoms in total. The summed E-state index contributed by atoms with van der Waals surface area (Å²) < 4.78 is 51.9. The molecular weight excluding hydrogens is 356 g/mol. The van der Waals surface area contributed by atoms with Gasteiger partial charge in [0, 0.05) is 18.9 Å². The average molecular weight is 370 g/mol. The molecule has 1 aromatic carbocycles. The lowest BCUT2D eigenvalue weighted by Gasteiger charge is -2.24. The van der Waals surface area contributed by atoms with Crippen LogP contribution in [0.2, 0.25) is 0 Å². The van der Waals surface area contributed by atoms with Gasteiger partial charge in [0.15, 0.2) is 0 Å². The fourth-order valence-corrected chi connectivity index (χ4v) is 3.89. The lowest BCUT2D eigenvalue weighted by atomic mass is 10.1. The number of rotatable bonds is 4. The minimum absolute atomic E-state index is 0.112. The van der Waals surface area contributed by atoms with Gasteiger partial charge in [-0.25, -0.2) is 4.39 Å². The van der Waals surface area contributed by atoms with Crippen molar-refractivity contribution < 1.29 is 22.4 Å². The van der Waals surface area contributed by atoms with Gasteiger partial charge in [-0.2, -0.15) is 13.2 Å². The third kappa shape index (κ3) is 3.95. The Morgan fingerprint density at radius 1 is 1.28 bits per heavy atom. The van der Waals surface area contributed by atoms with Crippen LogP contribution in [0.25, 0.3) is 0 Å². The van der Waals surface area contributed by atoms with Gasteiger partial charge in [-0.3, -0.25) is 9.78 Å². The lowest BCUT2D eigenvalue weighted by molar-refractivity contribution is -0.140. The fraction of sp³-hybridized carbons (Fsp3) is 0.294. The molecule has 0 spiro atoms. The Morgan fingerprint density at radius 3 is 2.72 bits per heavy atom. The molecule has 132 valence electrons. The minimum Gasteiger partial charge on any atom is -0.325 e. The quantitative estimate of drug-likeness (QED) is 0.761. The molecule has 1 aromatic heterocycles. The van der Waals surface area contributed by atoms with E-state index in [1.54, 1.807) is 23.4 Å². The second-order valence-corrected chi connectivity index (χ2v) is 6.67. The van der Waals surface area contributed by atoms with Gasteiger partial charge in [0.05, 0.1) is 11.3 Å². The highest BCUT2D eigenvalue weighted by Crippen LogP contribution is 2.40. The molecule has 0 N–H and O–H groups in total. The molecule has 1 fully saturated rings. The van der Waals surface area contributed by atoms with Crippen LogP contribution >= 0.6 is 11.8 Å². The number of thioether (sulfide) groups is 1. The van der Waals surface area contributed by atoms with Gasteiger partial charge < -0.3 is 4.90 Å². The van der Waals surface area contributed by atoms with Crippen LogP contribution in [-0.4, -0.2) is 28.1 Å². The number of amides is 1. The van der Waals surface area contributed by atoms with E-state index in [9.17, 15) is 22.4 Å². The van der Waals surface area contributed by atoms with Crippen LogP contribution in [0.1, 0.15) is 22.1 Å². The predicted octanol–water partition coefficient (Wildman–Crippen LogP) is 4.06. The Balaban J connectivity index is 1.78. The Bertz CT molecular complexity index is 767. The maximum Gasteiger partial charge on any atom is 0.419 e. The predicted molar refractivity (Wildman–Crippen MR) is 86.3 cm³/mol. The second kappa shape index (κ2) is 7.03. The number of benzene rings is 1. The van der Waals surface area contributed by atoms with Gasteiger partial charge in [0.25, 0.3) is 0 Å². The molecule has 25 heavy (non-hydrogen) atoms. The molecule has 1 atom stereocenters. The number of hydrogen-bond acceptors (Lipinski definition) is 3. The highest BCUT2D eigenvalue weighted by atomic mass is 32.2. The molecule has 0 saturated carbocycles. The maximum absolute atomic E-state index is 13.8. The lowest BCUT2D eigenvalue weighted by Crippen LogP contribution is -2.30. The topological polar surface area (TPSA) is 33.2 Å². The van der Waals surface area contributed by atoms with Crippen molar-refractivity contribution in [1.29, 1.82) is 0 Å². The number of hydrogen-bond donors (Lipinski definition) is 0. The van der Waals surface area contributed by atoms with Crippen LogP contribution < -0.4 is 0 Å². The molecule has 1 unspecified atom stereocenters. The summed E-state index contributed by atoms with van der Waals surface area (Å²) >= 11 is 1.28. The van der Waals surface area contributed by atoms with Gasteiger partial charge in [-0.05, 0) is 35.7 Å². The number of alkyl halides is 3. The van der Waals surface area contributed by atoms with Crippen molar-refractivity contribution >= 4 is 17.7 Å². The summed E-state index contributed by atoms with van der Waals surface area (Å²) in [5.74, 6) is -1.21. The second-order valence-electron chi connectivity index (χ2n) is 5.60. The summed E-state index contributed by atoms with van der Waals surface area (Å²) in [6.45, 7) is 0.394. The van der Waals surface area contributed by atoms with E-state index in [4.69, 9.17) is 0 Å². The molecule has 1 saturated heterocycles. The fourth-order valence-electron chi connectivity index (χ4n) is 2.68. The number of aromatic nitrogens is 1. The molecule has 2 heterocycles. The van der Waals surface area contributed by atoms with Crippen molar-refractivity contribution in [3.05, 3.63) is 65.2 Å². The smallest absolute Gasteiger partial charge is 0.325 e. The summed E-state index contributed by atoms with van der Waals surface area (Å²) in [5.41, 5.74) is 0.00423. The average Bonchev–Trinajstić information content (AvgIpc) is 2.93. The summed E-state index contributed by atoms with van der Waals surface area (Å²) in [6, 6.07) is 6.51. The van der Waals surface area contributed by atoms with Crippen LogP contribution in [0.5, 0.6) is 0 Å². The maximum atomic E-state index is 13.8. The minimum atomic E-state index is -4.73. The van der Waals surface area contributed by atoms with E-state index in [1.807, 2.05) is 6.07 Å². The van der Waals surface area contributed by atoms with Crippen molar-refractivity contribution in [1.82, 2.24) is 9.88 Å². The summed E-state index contributed by atoms with van der Waals surface area (Å²) in [4.78, 5) is 17.7. The highest BCUT2D eigenvalue weighted by molar-refractivity contribution is 8.00. The first-order valence-corrected chi connectivity index (χ1v) is 8.58. The van der Waals surface area contributed by atoms with E-state index in [1.165, 1.54) is 17.8 Å². The number of halogens is 4. The van der Waals surface area contributed by atoms with E-state index in [0.717, 1.165) is 17.7 Å². The third-order valence-electron chi connectivity index (χ3n) is 3.92. The highest BCUT2D eigenvalue weighted by Gasteiger charge is 2.36. The monoisotopic (exact) mass is 370 g/mol. The van der Waals surface area contributed by atoms with Crippen molar-refractivity contribution in [3.63, 3.8) is 0 Å². The molecule has 2 aromatic rings. The van der Waals surface area contributed by atoms with Crippen LogP contribution in [-0.2, 0) is 17.4 Å². The Kier molecular flexibility index (Phi) is 4.99. The molecule has 8 heteroatoms. The number of nitrogens with zero attached hydrogens (tertiary/aromatic N) is 2. The molecule has 1 aliphatic heterocycles. The first-order chi connectivity index (χ1) is 11.9. The van der Waals surface area contributed by atoms with E-state index in [2.05, 4.69) is 4.98 Å². The normalized spacial score (nSPS) is 18.0. The van der Waals surface area contributed by atoms with Crippen molar-refractivity contribution in [2.24, 2.45) is 0 Å². The van der Waals surface area contributed by atoms with Crippen molar-refractivity contribution in [2.75, 3.05) is 12.3 Å². The Hall–Kier alpha value is -2.09. The number of carbonyl (C=O) groups is 1. The van der Waals surface area contributed by atoms with Crippen LogP contribution in [0.4, 0.5) is 17.6 Å². The van der Waals surface area contributed by atoms with Crippen LogP contribution in [0, 0.1) is 5.82 Å². The van der Waals surface area contributed by atoms with Crippen molar-refractivity contribution in [2.45, 2.75) is 18.0 Å². The van der Waals surface area contributed by atoms with E-state index < -0.39 is 22.9 Å². The zero-order chi connectivity index (χ0) is 18.0. The summed E-state index contributed by atoms with van der Waals surface area (Å²) in [7, 11) is 0. The van der Waals surface area contributed by atoms with Crippen LogP contribution in [0.3, 0.4) is 0 Å². The van der Waals surface area contributed by atoms with Crippen LogP contribution in [0.15, 0.2) is 42.7 Å². The first-order valence-electron chi connectivity index (χ1n) is 7.53. The summed E-state index contributed by atoms with van der Waals surface area (Å²) in [5, 5.41) is -0.485. The van der Waals surface area contributed by atoms with E-state index in [-0.39, 0.29) is 11.7 Å². The van der Waals surface area contributed by atoms with Gasteiger partial charge in [-0.15, -0.1) is 11.8 Å². The molecule has 0 radical (unpaired) electrons.